The smallest absolute Gasteiger partial charge is 0.332 e. The molecule has 0 radical (unpaired) electrons. The predicted molar refractivity (Wildman–Crippen MR) is 87.0 cm³/mol. The summed E-state index contributed by atoms with van der Waals surface area (Å²) >= 11 is 1.34. The summed E-state index contributed by atoms with van der Waals surface area (Å²) in [6, 6.07) is 14.8. The number of rotatable bonds is 3. The average molecular weight is 334 g/mol. The third kappa shape index (κ3) is 3.53. The number of nitrogens with zero attached hydrogens (tertiary/aromatic N) is 1. The van der Waals surface area contributed by atoms with E-state index in [1.807, 2.05) is 30.3 Å². The first-order chi connectivity index (χ1) is 10.9. The second-order valence-corrected chi connectivity index (χ2v) is 6.00. The van der Waals surface area contributed by atoms with Gasteiger partial charge in [0.2, 0.25) is 0 Å². The van der Waals surface area contributed by atoms with E-state index >= 15 is 0 Å². The van der Waals surface area contributed by atoms with Crippen LogP contribution in [0.1, 0.15) is 11.3 Å². The first-order valence-electron chi connectivity index (χ1n) is 6.90. The molecule has 0 aliphatic carbocycles. The number of hydrogen-bond acceptors (Lipinski definition) is 3. The fourth-order valence-corrected chi connectivity index (χ4v) is 3.18. The van der Waals surface area contributed by atoms with Crippen molar-refractivity contribution in [3.05, 3.63) is 65.9 Å². The van der Waals surface area contributed by atoms with Gasteiger partial charge in [0, 0.05) is 5.69 Å². The predicted octanol–water partition coefficient (Wildman–Crippen LogP) is 5.88. The van der Waals surface area contributed by atoms with Crippen LogP contribution in [0.3, 0.4) is 0 Å². The highest BCUT2D eigenvalue weighted by atomic mass is 32.1. The Bertz CT molecular complexity index is 810. The SMILES string of the molecule is Cc1nc(Nc2ccccc2)sc1-c1cccc(C(F)(F)F)c1. The summed E-state index contributed by atoms with van der Waals surface area (Å²) in [4.78, 5) is 5.13. The van der Waals surface area contributed by atoms with Gasteiger partial charge in [0.15, 0.2) is 5.13 Å². The average Bonchev–Trinajstić information content (AvgIpc) is 2.88. The fourth-order valence-electron chi connectivity index (χ4n) is 2.20. The third-order valence-electron chi connectivity index (χ3n) is 3.27. The molecule has 0 aliphatic rings. The number of para-hydroxylation sites is 1. The summed E-state index contributed by atoms with van der Waals surface area (Å²) in [5.74, 6) is 0. The van der Waals surface area contributed by atoms with E-state index in [1.165, 1.54) is 17.4 Å². The molecule has 0 fully saturated rings. The van der Waals surface area contributed by atoms with Gasteiger partial charge in [0.1, 0.15) is 0 Å². The van der Waals surface area contributed by atoms with Gasteiger partial charge in [-0.05, 0) is 36.8 Å². The first kappa shape index (κ1) is 15.6. The Kier molecular flexibility index (Phi) is 4.09. The van der Waals surface area contributed by atoms with Crippen LogP contribution in [0.15, 0.2) is 54.6 Å². The highest BCUT2D eigenvalue weighted by Crippen LogP contribution is 2.37. The highest BCUT2D eigenvalue weighted by Gasteiger charge is 2.30. The number of alkyl halides is 3. The Morgan fingerprint density at radius 2 is 1.74 bits per heavy atom. The molecule has 0 bridgehead atoms. The molecule has 2 nitrogen and oxygen atoms in total. The Labute approximate surface area is 135 Å². The van der Waals surface area contributed by atoms with E-state index in [1.54, 1.807) is 13.0 Å². The number of halogens is 3. The molecule has 3 rings (SSSR count). The minimum atomic E-state index is -4.35. The molecule has 0 unspecified atom stereocenters. The lowest BCUT2D eigenvalue weighted by molar-refractivity contribution is -0.137. The molecule has 1 heterocycles. The quantitative estimate of drug-likeness (QED) is 0.647. The fraction of sp³-hybridized carbons (Fsp3) is 0.118. The molecule has 2 aromatic carbocycles. The van der Waals surface area contributed by atoms with Crippen molar-refractivity contribution in [2.45, 2.75) is 13.1 Å². The zero-order valence-electron chi connectivity index (χ0n) is 12.2. The van der Waals surface area contributed by atoms with Crippen LogP contribution in [-0.2, 0) is 6.18 Å². The van der Waals surface area contributed by atoms with E-state index < -0.39 is 11.7 Å². The maximum Gasteiger partial charge on any atom is 0.416 e. The Balaban J connectivity index is 1.92. The largest absolute Gasteiger partial charge is 0.416 e. The number of benzene rings is 2. The molecule has 0 saturated heterocycles. The summed E-state index contributed by atoms with van der Waals surface area (Å²) in [6.45, 7) is 1.79. The second kappa shape index (κ2) is 6.04. The summed E-state index contributed by atoms with van der Waals surface area (Å²) in [5, 5.41) is 3.82. The summed E-state index contributed by atoms with van der Waals surface area (Å²) in [5.41, 5.74) is 1.46. The van der Waals surface area contributed by atoms with Crippen LogP contribution in [0, 0.1) is 6.92 Å². The van der Waals surface area contributed by atoms with Gasteiger partial charge in [0.05, 0.1) is 16.1 Å². The van der Waals surface area contributed by atoms with Crippen LogP contribution < -0.4 is 5.32 Å². The van der Waals surface area contributed by atoms with Gasteiger partial charge in [-0.3, -0.25) is 0 Å². The summed E-state index contributed by atoms with van der Waals surface area (Å²) < 4.78 is 38.6. The lowest BCUT2D eigenvalue weighted by atomic mass is 10.1. The van der Waals surface area contributed by atoms with Gasteiger partial charge in [-0.15, -0.1) is 0 Å². The Morgan fingerprint density at radius 3 is 2.43 bits per heavy atom. The molecule has 0 spiro atoms. The molecular formula is C17H13F3N2S. The van der Waals surface area contributed by atoms with E-state index in [0.29, 0.717) is 16.4 Å². The van der Waals surface area contributed by atoms with Crippen LogP contribution in [0.25, 0.3) is 10.4 Å². The second-order valence-electron chi connectivity index (χ2n) is 5.00. The van der Waals surface area contributed by atoms with Crippen LogP contribution in [0.2, 0.25) is 0 Å². The number of anilines is 2. The highest BCUT2D eigenvalue weighted by molar-refractivity contribution is 7.19. The van der Waals surface area contributed by atoms with Crippen molar-refractivity contribution >= 4 is 22.2 Å². The van der Waals surface area contributed by atoms with Gasteiger partial charge in [-0.25, -0.2) is 4.98 Å². The topological polar surface area (TPSA) is 24.9 Å². The summed E-state index contributed by atoms with van der Waals surface area (Å²) in [6.07, 6.45) is -4.35. The molecule has 23 heavy (non-hydrogen) atoms. The van der Waals surface area contributed by atoms with Crippen molar-refractivity contribution in [1.82, 2.24) is 4.98 Å². The minimum absolute atomic E-state index is 0.524. The molecule has 1 aromatic heterocycles. The summed E-state index contributed by atoms with van der Waals surface area (Å²) in [7, 11) is 0. The number of hydrogen-bond donors (Lipinski definition) is 1. The molecule has 0 atom stereocenters. The third-order valence-corrected chi connectivity index (χ3v) is 4.40. The molecule has 0 saturated carbocycles. The van der Waals surface area contributed by atoms with Gasteiger partial charge in [0.25, 0.3) is 0 Å². The van der Waals surface area contributed by atoms with Crippen LogP contribution in [-0.4, -0.2) is 4.98 Å². The number of aryl methyl sites for hydroxylation is 1. The van der Waals surface area contributed by atoms with E-state index in [4.69, 9.17) is 0 Å². The lowest BCUT2D eigenvalue weighted by Gasteiger charge is -2.07. The molecule has 118 valence electrons. The first-order valence-corrected chi connectivity index (χ1v) is 7.72. The van der Waals surface area contributed by atoms with Gasteiger partial charge in [-0.2, -0.15) is 13.2 Å². The monoisotopic (exact) mass is 334 g/mol. The standard InChI is InChI=1S/C17H13F3N2S/c1-11-15(12-6-5-7-13(10-12)17(18,19)20)23-16(21-11)22-14-8-3-2-4-9-14/h2-10H,1H3,(H,21,22). The molecule has 0 aliphatic heterocycles. The van der Waals surface area contributed by atoms with Crippen LogP contribution >= 0.6 is 11.3 Å². The van der Waals surface area contributed by atoms with Crippen molar-refractivity contribution in [2.75, 3.05) is 5.32 Å². The molecule has 6 heteroatoms. The maximum atomic E-state index is 12.9. The van der Waals surface area contributed by atoms with E-state index in [9.17, 15) is 13.2 Å². The minimum Gasteiger partial charge on any atom is -0.332 e. The molecule has 1 N–H and O–H groups in total. The number of aromatic nitrogens is 1. The number of nitrogens with one attached hydrogen (secondary N) is 1. The number of thiazole rings is 1. The van der Waals surface area contributed by atoms with E-state index in [0.717, 1.165) is 22.7 Å². The zero-order chi connectivity index (χ0) is 16.4. The van der Waals surface area contributed by atoms with E-state index in [-0.39, 0.29) is 0 Å². The molecular weight excluding hydrogens is 321 g/mol. The normalized spacial score (nSPS) is 11.5. The Morgan fingerprint density at radius 1 is 1.00 bits per heavy atom. The maximum absolute atomic E-state index is 12.9. The van der Waals surface area contributed by atoms with Gasteiger partial charge in [-0.1, -0.05) is 41.7 Å². The van der Waals surface area contributed by atoms with Crippen molar-refractivity contribution < 1.29 is 13.2 Å². The van der Waals surface area contributed by atoms with Gasteiger partial charge >= 0.3 is 6.18 Å². The van der Waals surface area contributed by atoms with Crippen molar-refractivity contribution in [3.8, 4) is 10.4 Å². The van der Waals surface area contributed by atoms with E-state index in [2.05, 4.69) is 10.3 Å². The zero-order valence-corrected chi connectivity index (χ0v) is 13.0. The molecule has 3 aromatic rings. The van der Waals surface area contributed by atoms with Crippen molar-refractivity contribution in [1.29, 1.82) is 0 Å². The lowest BCUT2D eigenvalue weighted by Crippen LogP contribution is -2.04. The van der Waals surface area contributed by atoms with Crippen LogP contribution in [0.4, 0.5) is 24.0 Å². The van der Waals surface area contributed by atoms with Crippen LogP contribution in [0.5, 0.6) is 0 Å². The van der Waals surface area contributed by atoms with Gasteiger partial charge < -0.3 is 5.32 Å². The van der Waals surface area contributed by atoms with Crippen molar-refractivity contribution in [2.24, 2.45) is 0 Å². The van der Waals surface area contributed by atoms with Crippen molar-refractivity contribution in [3.63, 3.8) is 0 Å². The molecule has 0 amide bonds. The Hall–Kier alpha value is -2.34.